The van der Waals surface area contributed by atoms with Gasteiger partial charge in [0.1, 0.15) is 11.3 Å². The van der Waals surface area contributed by atoms with E-state index in [1.165, 1.54) is 12.1 Å². The Bertz CT molecular complexity index is 1300. The van der Waals surface area contributed by atoms with Gasteiger partial charge in [-0.1, -0.05) is 18.2 Å². The van der Waals surface area contributed by atoms with E-state index in [9.17, 15) is 9.18 Å². The summed E-state index contributed by atoms with van der Waals surface area (Å²) in [6.45, 7) is 2.20. The zero-order chi connectivity index (χ0) is 23.3. The molecule has 0 radical (unpaired) electrons. The molecule has 8 nitrogen and oxygen atoms in total. The van der Waals surface area contributed by atoms with Gasteiger partial charge in [0.15, 0.2) is 5.82 Å². The lowest BCUT2D eigenvalue weighted by Gasteiger charge is -2.23. The summed E-state index contributed by atoms with van der Waals surface area (Å²) in [5.41, 5.74) is 3.58. The first-order chi connectivity index (χ1) is 16.6. The van der Waals surface area contributed by atoms with Gasteiger partial charge in [0.05, 0.1) is 5.52 Å². The predicted octanol–water partition coefficient (Wildman–Crippen LogP) is 3.93. The smallest absolute Gasteiger partial charge is 0.251 e. The zero-order valence-electron chi connectivity index (χ0n) is 18.6. The van der Waals surface area contributed by atoms with Crippen molar-refractivity contribution in [3.05, 3.63) is 77.7 Å². The van der Waals surface area contributed by atoms with E-state index in [-0.39, 0.29) is 17.8 Å². The van der Waals surface area contributed by atoms with Crippen LogP contribution in [0.15, 0.2) is 60.8 Å². The van der Waals surface area contributed by atoms with Crippen LogP contribution in [0.4, 0.5) is 21.8 Å². The number of H-pyrrole nitrogens is 1. The van der Waals surface area contributed by atoms with E-state index >= 15 is 0 Å². The van der Waals surface area contributed by atoms with Crippen molar-refractivity contribution in [1.82, 2.24) is 25.6 Å². The quantitative estimate of drug-likeness (QED) is 0.287. The second-order valence-corrected chi connectivity index (χ2v) is 8.34. The van der Waals surface area contributed by atoms with Crippen molar-refractivity contribution in [2.45, 2.75) is 25.4 Å². The number of anilines is 3. The Morgan fingerprint density at radius 2 is 2.03 bits per heavy atom. The number of hydrogen-bond acceptors (Lipinski definition) is 6. The molecule has 1 unspecified atom stereocenters. The number of halogens is 1. The lowest BCUT2D eigenvalue weighted by Crippen LogP contribution is -2.45. The highest BCUT2D eigenvalue weighted by Crippen LogP contribution is 2.23. The monoisotopic (exact) mass is 459 g/mol. The SMILES string of the molecule is O=C(NC1CCCNC1)c1cccc(Nc2nc(NCc3cccc(F)c3)c3[nH]ccc3n2)c1. The molecule has 1 fully saturated rings. The van der Waals surface area contributed by atoms with E-state index in [0.29, 0.717) is 29.6 Å². The maximum atomic E-state index is 13.5. The van der Waals surface area contributed by atoms with E-state index in [2.05, 4.69) is 36.2 Å². The van der Waals surface area contributed by atoms with E-state index < -0.39 is 0 Å². The highest BCUT2D eigenvalue weighted by molar-refractivity contribution is 5.95. The minimum atomic E-state index is -0.280. The molecule has 1 aliphatic heterocycles. The molecule has 0 saturated carbocycles. The number of rotatable bonds is 7. The molecule has 34 heavy (non-hydrogen) atoms. The maximum absolute atomic E-state index is 13.5. The highest BCUT2D eigenvalue weighted by atomic mass is 19.1. The number of nitrogens with zero attached hydrogens (tertiary/aromatic N) is 2. The number of fused-ring (bicyclic) bond motifs is 1. The zero-order valence-corrected chi connectivity index (χ0v) is 18.6. The second kappa shape index (κ2) is 9.88. The molecule has 5 N–H and O–H groups in total. The normalized spacial score (nSPS) is 15.7. The molecule has 3 heterocycles. The summed E-state index contributed by atoms with van der Waals surface area (Å²) in [6, 6.07) is 15.7. The molecule has 2 aromatic heterocycles. The minimum absolute atomic E-state index is 0.100. The van der Waals surface area contributed by atoms with Gasteiger partial charge in [0, 0.05) is 36.6 Å². The van der Waals surface area contributed by atoms with E-state index in [4.69, 9.17) is 0 Å². The lowest BCUT2D eigenvalue weighted by molar-refractivity contribution is 0.0930. The molecule has 5 rings (SSSR count). The lowest BCUT2D eigenvalue weighted by atomic mass is 10.1. The maximum Gasteiger partial charge on any atom is 0.251 e. The van der Waals surface area contributed by atoms with Gasteiger partial charge in [-0.3, -0.25) is 4.79 Å². The van der Waals surface area contributed by atoms with Gasteiger partial charge in [-0.25, -0.2) is 9.37 Å². The molecular formula is C25H26FN7O. The standard InChI is InChI=1S/C25H26FN7O/c26-18-6-1-4-16(12-18)14-29-23-22-21(9-11-28-22)32-25(33-23)31-19-7-2-5-17(13-19)24(34)30-20-8-3-10-27-15-20/h1-2,4-7,9,11-13,20,27-28H,3,8,10,14-15H2,(H,30,34)(H2,29,31,32,33). The summed E-state index contributed by atoms with van der Waals surface area (Å²) in [6.07, 6.45) is 3.83. The number of aromatic nitrogens is 3. The number of benzene rings is 2. The van der Waals surface area contributed by atoms with E-state index in [1.807, 2.05) is 24.3 Å². The third-order valence-corrected chi connectivity index (χ3v) is 5.77. The third kappa shape index (κ3) is 5.15. The summed E-state index contributed by atoms with van der Waals surface area (Å²) in [4.78, 5) is 25.0. The molecular weight excluding hydrogens is 433 g/mol. The topological polar surface area (TPSA) is 107 Å². The van der Waals surface area contributed by atoms with Crippen LogP contribution in [0.1, 0.15) is 28.8 Å². The van der Waals surface area contributed by atoms with Gasteiger partial charge in [0.25, 0.3) is 5.91 Å². The summed E-state index contributed by atoms with van der Waals surface area (Å²) < 4.78 is 13.5. The Hall–Kier alpha value is -3.98. The van der Waals surface area contributed by atoms with Crippen LogP contribution in [0.2, 0.25) is 0 Å². The van der Waals surface area contributed by atoms with Crippen molar-refractivity contribution in [3.63, 3.8) is 0 Å². The number of hydrogen-bond donors (Lipinski definition) is 5. The van der Waals surface area contributed by atoms with Gasteiger partial charge in [-0.05, 0) is 61.3 Å². The minimum Gasteiger partial charge on any atom is -0.364 e. The molecule has 0 bridgehead atoms. The summed E-state index contributed by atoms with van der Waals surface area (Å²) in [7, 11) is 0. The van der Waals surface area contributed by atoms with Crippen LogP contribution < -0.4 is 21.3 Å². The van der Waals surface area contributed by atoms with Crippen LogP contribution in [-0.4, -0.2) is 40.0 Å². The third-order valence-electron chi connectivity index (χ3n) is 5.77. The molecule has 2 aromatic carbocycles. The van der Waals surface area contributed by atoms with Crippen molar-refractivity contribution in [2.75, 3.05) is 23.7 Å². The number of nitrogens with one attached hydrogen (secondary N) is 5. The Morgan fingerprint density at radius 3 is 2.88 bits per heavy atom. The van der Waals surface area contributed by atoms with Crippen molar-refractivity contribution in [1.29, 1.82) is 0 Å². The molecule has 1 amide bonds. The molecule has 0 aliphatic carbocycles. The molecule has 174 valence electrons. The number of carbonyl (C=O) groups excluding carboxylic acids is 1. The van der Waals surface area contributed by atoms with Crippen LogP contribution >= 0.6 is 0 Å². The highest BCUT2D eigenvalue weighted by Gasteiger charge is 2.17. The predicted molar refractivity (Wildman–Crippen MR) is 131 cm³/mol. The van der Waals surface area contributed by atoms with Crippen molar-refractivity contribution in [2.24, 2.45) is 0 Å². The largest absolute Gasteiger partial charge is 0.364 e. The van der Waals surface area contributed by atoms with Crippen LogP contribution in [0, 0.1) is 5.82 Å². The average Bonchev–Trinajstić information content (AvgIpc) is 3.32. The molecule has 1 aliphatic rings. The fourth-order valence-corrected chi connectivity index (χ4v) is 4.07. The summed E-state index contributed by atoms with van der Waals surface area (Å²) >= 11 is 0. The van der Waals surface area contributed by atoms with Crippen molar-refractivity contribution in [3.8, 4) is 0 Å². The molecule has 1 atom stereocenters. The van der Waals surface area contributed by atoms with Crippen LogP contribution in [0.3, 0.4) is 0 Å². The fourth-order valence-electron chi connectivity index (χ4n) is 4.07. The average molecular weight is 460 g/mol. The first-order valence-corrected chi connectivity index (χ1v) is 11.4. The van der Waals surface area contributed by atoms with Crippen LogP contribution in [0.5, 0.6) is 0 Å². The number of piperidine rings is 1. The van der Waals surface area contributed by atoms with Gasteiger partial charge < -0.3 is 26.3 Å². The van der Waals surface area contributed by atoms with Crippen molar-refractivity contribution >= 4 is 34.4 Å². The Balaban J connectivity index is 1.32. The first kappa shape index (κ1) is 21.8. The number of carbonyl (C=O) groups is 1. The van der Waals surface area contributed by atoms with Gasteiger partial charge >= 0.3 is 0 Å². The summed E-state index contributed by atoms with van der Waals surface area (Å²) in [5, 5.41) is 12.9. The van der Waals surface area contributed by atoms with Gasteiger partial charge in [0.2, 0.25) is 5.95 Å². The van der Waals surface area contributed by atoms with Gasteiger partial charge in [-0.15, -0.1) is 0 Å². The Morgan fingerprint density at radius 1 is 1.12 bits per heavy atom. The van der Waals surface area contributed by atoms with Crippen molar-refractivity contribution < 1.29 is 9.18 Å². The molecule has 1 saturated heterocycles. The molecule has 0 spiro atoms. The van der Waals surface area contributed by atoms with Crippen LogP contribution in [-0.2, 0) is 6.54 Å². The van der Waals surface area contributed by atoms with Crippen LogP contribution in [0.25, 0.3) is 11.0 Å². The Kier molecular flexibility index (Phi) is 6.35. The fraction of sp³-hybridized carbons (Fsp3) is 0.240. The molecule has 4 aromatic rings. The van der Waals surface area contributed by atoms with Gasteiger partial charge in [-0.2, -0.15) is 4.98 Å². The summed E-state index contributed by atoms with van der Waals surface area (Å²) in [5.74, 6) is 0.609. The first-order valence-electron chi connectivity index (χ1n) is 11.4. The molecule has 9 heteroatoms. The Labute approximate surface area is 196 Å². The number of aromatic amines is 1. The number of amides is 1. The second-order valence-electron chi connectivity index (χ2n) is 8.34. The van der Waals surface area contributed by atoms with E-state index in [0.717, 1.165) is 42.5 Å². The van der Waals surface area contributed by atoms with E-state index in [1.54, 1.807) is 24.4 Å².